The van der Waals surface area contributed by atoms with Crippen molar-refractivity contribution in [3.05, 3.63) is 107 Å². The summed E-state index contributed by atoms with van der Waals surface area (Å²) in [6.45, 7) is 3.90. The highest BCUT2D eigenvalue weighted by atomic mass is 16.2. The van der Waals surface area contributed by atoms with Gasteiger partial charge in [0.15, 0.2) is 0 Å². The van der Waals surface area contributed by atoms with Gasteiger partial charge in [-0.25, -0.2) is 10.9 Å². The van der Waals surface area contributed by atoms with Crippen LogP contribution in [0.4, 0.5) is 0 Å². The summed E-state index contributed by atoms with van der Waals surface area (Å²) in [4.78, 5) is 24.6. The van der Waals surface area contributed by atoms with Crippen LogP contribution >= 0.6 is 0 Å². The number of hydrazone groups is 2. The second-order valence-corrected chi connectivity index (χ2v) is 6.74. The summed E-state index contributed by atoms with van der Waals surface area (Å²) >= 11 is 0. The molecule has 6 nitrogen and oxygen atoms in total. The minimum atomic E-state index is -0.333. The summed E-state index contributed by atoms with van der Waals surface area (Å²) in [6, 6.07) is 23.6. The number of hydrogen-bond donors (Lipinski definition) is 2. The van der Waals surface area contributed by atoms with Gasteiger partial charge in [-0.3, -0.25) is 9.59 Å². The van der Waals surface area contributed by atoms with Gasteiger partial charge in [-0.1, -0.05) is 65.7 Å². The maximum absolute atomic E-state index is 12.4. The lowest BCUT2D eigenvalue weighted by atomic mass is 10.1. The highest BCUT2D eigenvalue weighted by Gasteiger charge is 2.07. The number of amides is 2. The third-order valence-corrected chi connectivity index (χ3v) is 4.33. The summed E-state index contributed by atoms with van der Waals surface area (Å²) in [5.41, 5.74) is 9.31. The quantitative estimate of drug-likeness (QED) is 0.488. The second kappa shape index (κ2) is 9.93. The average molecular weight is 398 g/mol. The molecule has 0 spiro atoms. The van der Waals surface area contributed by atoms with Gasteiger partial charge in [0.05, 0.1) is 6.21 Å². The lowest BCUT2D eigenvalue weighted by Gasteiger charge is -2.05. The molecule has 0 heterocycles. The molecule has 150 valence electrons. The van der Waals surface area contributed by atoms with Crippen molar-refractivity contribution in [1.82, 2.24) is 10.9 Å². The summed E-state index contributed by atoms with van der Waals surface area (Å²) < 4.78 is 0. The van der Waals surface area contributed by atoms with Crippen LogP contribution in [0.5, 0.6) is 0 Å². The van der Waals surface area contributed by atoms with Gasteiger partial charge in [0.2, 0.25) is 0 Å². The van der Waals surface area contributed by atoms with Gasteiger partial charge in [-0.15, -0.1) is 0 Å². The van der Waals surface area contributed by atoms with E-state index in [4.69, 9.17) is 0 Å². The van der Waals surface area contributed by atoms with Gasteiger partial charge >= 0.3 is 0 Å². The smallest absolute Gasteiger partial charge is 0.267 e. The van der Waals surface area contributed by atoms with Gasteiger partial charge in [0.1, 0.15) is 5.71 Å². The predicted molar refractivity (Wildman–Crippen MR) is 119 cm³/mol. The molecule has 3 aromatic rings. The zero-order chi connectivity index (χ0) is 21.3. The Kier molecular flexibility index (Phi) is 6.84. The van der Waals surface area contributed by atoms with E-state index in [1.807, 2.05) is 68.4 Å². The third kappa shape index (κ3) is 5.72. The minimum Gasteiger partial charge on any atom is -0.267 e. The van der Waals surface area contributed by atoms with Crippen molar-refractivity contribution >= 4 is 23.7 Å². The van der Waals surface area contributed by atoms with Crippen LogP contribution in [0.2, 0.25) is 0 Å². The van der Waals surface area contributed by atoms with E-state index in [-0.39, 0.29) is 11.8 Å². The highest BCUT2D eigenvalue weighted by Crippen LogP contribution is 2.05. The third-order valence-electron chi connectivity index (χ3n) is 4.33. The Labute approximate surface area is 175 Å². The number of carbonyl (C=O) groups is 2. The fraction of sp³-hybridized carbons (Fsp3) is 0.0833. The minimum absolute atomic E-state index is 0.331. The summed E-state index contributed by atoms with van der Waals surface area (Å²) in [5.74, 6) is -0.664. The van der Waals surface area contributed by atoms with Crippen molar-refractivity contribution in [3.8, 4) is 0 Å². The number of carbonyl (C=O) groups excluding carboxylic acids is 2. The van der Waals surface area contributed by atoms with Crippen LogP contribution in [0.1, 0.15) is 37.4 Å². The molecule has 0 saturated heterocycles. The zero-order valence-corrected chi connectivity index (χ0v) is 16.8. The van der Waals surface area contributed by atoms with Gasteiger partial charge in [0, 0.05) is 16.7 Å². The normalized spacial score (nSPS) is 11.3. The predicted octanol–water partition coefficient (Wildman–Crippen LogP) is 3.85. The van der Waals surface area contributed by atoms with Crippen LogP contribution in [0.25, 0.3) is 0 Å². The second-order valence-electron chi connectivity index (χ2n) is 6.74. The van der Waals surface area contributed by atoms with E-state index in [1.54, 1.807) is 24.3 Å². The van der Waals surface area contributed by atoms with E-state index in [0.29, 0.717) is 16.8 Å². The molecule has 0 aliphatic carbocycles. The van der Waals surface area contributed by atoms with Crippen molar-refractivity contribution in [2.75, 3.05) is 0 Å². The molecule has 3 aromatic carbocycles. The topological polar surface area (TPSA) is 82.9 Å². The van der Waals surface area contributed by atoms with Crippen molar-refractivity contribution in [2.45, 2.75) is 13.8 Å². The zero-order valence-electron chi connectivity index (χ0n) is 16.8. The first kappa shape index (κ1) is 20.7. The van der Waals surface area contributed by atoms with Crippen molar-refractivity contribution < 1.29 is 9.59 Å². The lowest BCUT2D eigenvalue weighted by Crippen LogP contribution is -2.22. The first-order chi connectivity index (χ1) is 14.5. The standard InChI is InChI=1S/C24H22N4O2/c1-17-8-12-20(13-9-17)23(29)27-25-16-22(19-6-4-3-5-7-19)26-28-24(30)21-14-10-18(2)11-15-21/h3-16H,1-2H3,(H,27,29)(H,28,30)/b25-16-,26-22-. The molecule has 0 saturated carbocycles. The largest absolute Gasteiger partial charge is 0.271 e. The molecule has 0 bridgehead atoms. The maximum Gasteiger partial charge on any atom is 0.271 e. The van der Waals surface area contributed by atoms with Crippen LogP contribution in [-0.2, 0) is 0 Å². The number of rotatable bonds is 6. The molecule has 0 fully saturated rings. The summed E-state index contributed by atoms with van der Waals surface area (Å²) in [5, 5.41) is 8.19. The van der Waals surface area contributed by atoms with E-state index in [9.17, 15) is 9.59 Å². The van der Waals surface area contributed by atoms with Crippen LogP contribution in [0, 0.1) is 13.8 Å². The molecule has 6 heteroatoms. The molecule has 30 heavy (non-hydrogen) atoms. The number of hydrogen-bond acceptors (Lipinski definition) is 4. The van der Waals surface area contributed by atoms with Crippen molar-refractivity contribution in [3.63, 3.8) is 0 Å². The molecule has 0 aliphatic heterocycles. The van der Waals surface area contributed by atoms with Crippen LogP contribution in [-0.4, -0.2) is 23.7 Å². The Morgan fingerprint density at radius 3 is 1.70 bits per heavy atom. The molecule has 0 aliphatic rings. The van der Waals surface area contributed by atoms with Crippen molar-refractivity contribution in [2.24, 2.45) is 10.2 Å². The van der Waals surface area contributed by atoms with Gasteiger partial charge < -0.3 is 0 Å². The molecule has 2 N–H and O–H groups in total. The van der Waals surface area contributed by atoms with E-state index in [0.717, 1.165) is 16.7 Å². The first-order valence-electron chi connectivity index (χ1n) is 9.43. The molecule has 3 rings (SSSR count). The first-order valence-corrected chi connectivity index (χ1v) is 9.43. The summed E-state index contributed by atoms with van der Waals surface area (Å²) in [7, 11) is 0. The Balaban J connectivity index is 1.73. The van der Waals surface area contributed by atoms with Gasteiger partial charge in [-0.05, 0) is 38.1 Å². The monoisotopic (exact) mass is 398 g/mol. The SMILES string of the molecule is Cc1ccc(C(=O)N/N=C\C(=N\NC(=O)c2ccc(C)cc2)c2ccccc2)cc1. The van der Waals surface area contributed by atoms with Gasteiger partial charge in [0.25, 0.3) is 11.8 Å². The Bertz CT molecular complexity index is 1070. The number of aryl methyl sites for hydroxylation is 2. The molecule has 2 amide bonds. The maximum atomic E-state index is 12.4. The molecular formula is C24H22N4O2. The fourth-order valence-electron chi connectivity index (χ4n) is 2.58. The Hall–Kier alpha value is -4.06. The van der Waals surface area contributed by atoms with Crippen LogP contribution in [0.15, 0.2) is 89.1 Å². The van der Waals surface area contributed by atoms with E-state index >= 15 is 0 Å². The Morgan fingerprint density at radius 2 is 1.17 bits per heavy atom. The lowest BCUT2D eigenvalue weighted by molar-refractivity contribution is 0.0946. The van der Waals surface area contributed by atoms with E-state index in [1.165, 1.54) is 6.21 Å². The number of nitrogens with zero attached hydrogens (tertiary/aromatic N) is 2. The number of nitrogens with one attached hydrogen (secondary N) is 2. The van der Waals surface area contributed by atoms with E-state index in [2.05, 4.69) is 21.1 Å². The average Bonchev–Trinajstić information content (AvgIpc) is 2.77. The molecule has 0 radical (unpaired) electrons. The molecular weight excluding hydrogens is 376 g/mol. The highest BCUT2D eigenvalue weighted by molar-refractivity contribution is 6.38. The fourth-order valence-corrected chi connectivity index (χ4v) is 2.58. The van der Waals surface area contributed by atoms with Gasteiger partial charge in [-0.2, -0.15) is 10.2 Å². The number of benzene rings is 3. The Morgan fingerprint density at radius 1 is 0.667 bits per heavy atom. The van der Waals surface area contributed by atoms with Crippen LogP contribution in [0.3, 0.4) is 0 Å². The molecule has 0 atom stereocenters. The van der Waals surface area contributed by atoms with Crippen molar-refractivity contribution in [1.29, 1.82) is 0 Å². The van der Waals surface area contributed by atoms with E-state index < -0.39 is 0 Å². The molecule has 0 unspecified atom stereocenters. The molecule has 0 aromatic heterocycles. The van der Waals surface area contributed by atoms with Crippen LogP contribution < -0.4 is 10.9 Å². The summed E-state index contributed by atoms with van der Waals surface area (Å²) in [6.07, 6.45) is 1.40.